The number of aryl methyl sites for hydroxylation is 1. The molecule has 1 aliphatic rings. The lowest BCUT2D eigenvalue weighted by Gasteiger charge is -2.15. The normalized spacial score (nSPS) is 14.3. The molecule has 0 saturated heterocycles. The van der Waals surface area contributed by atoms with E-state index in [0.717, 1.165) is 23.5 Å². The zero-order chi connectivity index (χ0) is 13.9. The molecule has 1 heterocycles. The Labute approximate surface area is 118 Å². The lowest BCUT2D eigenvalue weighted by atomic mass is 9.92. The van der Waals surface area contributed by atoms with Crippen molar-refractivity contribution in [3.05, 3.63) is 59.2 Å². The van der Waals surface area contributed by atoms with E-state index in [-0.39, 0.29) is 19.3 Å². The standard InChI is InChI=1S/C17H18O3/c1-12-3-2-4-13(7-12)8-15(10-18)14-5-6-16-17(9-14)20-11-19-16/h2-7,9,15,18H,8,10-11H2,1H3. The molecule has 2 aromatic carbocycles. The highest BCUT2D eigenvalue weighted by Crippen LogP contribution is 2.35. The van der Waals surface area contributed by atoms with Gasteiger partial charge in [-0.15, -0.1) is 0 Å². The molecule has 0 fully saturated rings. The van der Waals surface area contributed by atoms with E-state index in [1.165, 1.54) is 11.1 Å². The Morgan fingerprint density at radius 2 is 1.95 bits per heavy atom. The Bertz CT molecular complexity index is 607. The smallest absolute Gasteiger partial charge is 0.231 e. The molecule has 0 aromatic heterocycles. The Morgan fingerprint density at radius 3 is 2.75 bits per heavy atom. The summed E-state index contributed by atoms with van der Waals surface area (Å²) in [6, 6.07) is 14.3. The van der Waals surface area contributed by atoms with Crippen molar-refractivity contribution in [2.45, 2.75) is 19.3 Å². The molecule has 0 radical (unpaired) electrons. The molecule has 1 N–H and O–H groups in total. The molecule has 3 rings (SSSR count). The van der Waals surface area contributed by atoms with E-state index in [1.54, 1.807) is 0 Å². The van der Waals surface area contributed by atoms with E-state index in [0.29, 0.717) is 0 Å². The van der Waals surface area contributed by atoms with E-state index >= 15 is 0 Å². The fourth-order valence-electron chi connectivity index (χ4n) is 2.58. The first kappa shape index (κ1) is 13.0. The van der Waals surface area contributed by atoms with Crippen molar-refractivity contribution < 1.29 is 14.6 Å². The van der Waals surface area contributed by atoms with Crippen LogP contribution in [0.5, 0.6) is 11.5 Å². The molecular weight excluding hydrogens is 252 g/mol. The second kappa shape index (κ2) is 5.55. The van der Waals surface area contributed by atoms with Gasteiger partial charge in [0.05, 0.1) is 6.61 Å². The van der Waals surface area contributed by atoms with Gasteiger partial charge >= 0.3 is 0 Å². The zero-order valence-electron chi connectivity index (χ0n) is 11.5. The van der Waals surface area contributed by atoms with Gasteiger partial charge in [0.25, 0.3) is 0 Å². The fourth-order valence-corrected chi connectivity index (χ4v) is 2.58. The van der Waals surface area contributed by atoms with Crippen LogP contribution in [0.3, 0.4) is 0 Å². The summed E-state index contributed by atoms with van der Waals surface area (Å²) in [6.45, 7) is 2.48. The van der Waals surface area contributed by atoms with Crippen LogP contribution in [0.1, 0.15) is 22.6 Å². The van der Waals surface area contributed by atoms with Gasteiger partial charge in [-0.3, -0.25) is 0 Å². The molecule has 0 aliphatic carbocycles. The van der Waals surface area contributed by atoms with E-state index in [2.05, 4.69) is 31.2 Å². The minimum Gasteiger partial charge on any atom is -0.454 e. The van der Waals surface area contributed by atoms with Gasteiger partial charge in [0.1, 0.15) is 0 Å². The van der Waals surface area contributed by atoms with Crippen molar-refractivity contribution in [3.8, 4) is 11.5 Å². The van der Waals surface area contributed by atoms with Gasteiger partial charge in [0.2, 0.25) is 6.79 Å². The third-order valence-corrected chi connectivity index (χ3v) is 3.65. The number of aliphatic hydroxyl groups excluding tert-OH is 1. The number of ether oxygens (including phenoxy) is 2. The topological polar surface area (TPSA) is 38.7 Å². The minimum atomic E-state index is 0.0753. The molecule has 1 atom stereocenters. The maximum Gasteiger partial charge on any atom is 0.231 e. The van der Waals surface area contributed by atoms with Crippen LogP contribution in [-0.2, 0) is 6.42 Å². The maximum absolute atomic E-state index is 9.69. The third kappa shape index (κ3) is 2.63. The maximum atomic E-state index is 9.69. The van der Waals surface area contributed by atoms with Crippen LogP contribution in [0, 0.1) is 6.92 Å². The fraction of sp³-hybridized carbons (Fsp3) is 0.294. The summed E-state index contributed by atoms with van der Waals surface area (Å²) in [7, 11) is 0. The molecule has 1 aliphatic heterocycles. The second-order valence-electron chi connectivity index (χ2n) is 5.19. The monoisotopic (exact) mass is 270 g/mol. The first-order chi connectivity index (χ1) is 9.76. The van der Waals surface area contributed by atoms with Crippen LogP contribution in [0.4, 0.5) is 0 Å². The van der Waals surface area contributed by atoms with E-state index in [9.17, 15) is 5.11 Å². The molecule has 0 spiro atoms. The molecule has 2 aromatic rings. The van der Waals surface area contributed by atoms with Crippen LogP contribution < -0.4 is 9.47 Å². The summed E-state index contributed by atoms with van der Waals surface area (Å²) in [4.78, 5) is 0. The van der Waals surface area contributed by atoms with Crippen LogP contribution in [-0.4, -0.2) is 18.5 Å². The third-order valence-electron chi connectivity index (χ3n) is 3.65. The summed E-state index contributed by atoms with van der Waals surface area (Å²) < 4.78 is 10.7. The summed E-state index contributed by atoms with van der Waals surface area (Å²) in [5, 5.41) is 9.69. The minimum absolute atomic E-state index is 0.0753. The summed E-state index contributed by atoms with van der Waals surface area (Å²) in [5.74, 6) is 1.62. The van der Waals surface area contributed by atoms with Gasteiger partial charge in [0, 0.05) is 5.92 Å². The highest BCUT2D eigenvalue weighted by molar-refractivity contribution is 5.45. The molecule has 0 bridgehead atoms. The predicted octanol–water partition coefficient (Wildman–Crippen LogP) is 3.04. The summed E-state index contributed by atoms with van der Waals surface area (Å²) >= 11 is 0. The Morgan fingerprint density at radius 1 is 1.10 bits per heavy atom. The molecule has 3 heteroatoms. The second-order valence-corrected chi connectivity index (χ2v) is 5.19. The Balaban J connectivity index is 1.83. The first-order valence-corrected chi connectivity index (χ1v) is 6.82. The number of fused-ring (bicyclic) bond motifs is 1. The van der Waals surface area contributed by atoms with Crippen molar-refractivity contribution in [1.29, 1.82) is 0 Å². The lowest BCUT2D eigenvalue weighted by molar-refractivity contribution is 0.174. The van der Waals surface area contributed by atoms with E-state index in [4.69, 9.17) is 9.47 Å². The molecule has 104 valence electrons. The summed E-state index contributed by atoms with van der Waals surface area (Å²) in [5.41, 5.74) is 3.56. The molecule has 1 unspecified atom stereocenters. The molecule has 20 heavy (non-hydrogen) atoms. The highest BCUT2D eigenvalue weighted by atomic mass is 16.7. The number of hydrogen-bond acceptors (Lipinski definition) is 3. The molecule has 3 nitrogen and oxygen atoms in total. The molecule has 0 amide bonds. The lowest BCUT2D eigenvalue weighted by Crippen LogP contribution is -2.08. The van der Waals surface area contributed by atoms with Gasteiger partial charge in [-0.2, -0.15) is 0 Å². The quantitative estimate of drug-likeness (QED) is 0.928. The Hall–Kier alpha value is -2.00. The van der Waals surface area contributed by atoms with E-state index < -0.39 is 0 Å². The molecule has 0 saturated carbocycles. The largest absolute Gasteiger partial charge is 0.454 e. The van der Waals surface area contributed by atoms with Crippen LogP contribution >= 0.6 is 0 Å². The highest BCUT2D eigenvalue weighted by Gasteiger charge is 2.18. The van der Waals surface area contributed by atoms with Crippen molar-refractivity contribution >= 4 is 0 Å². The zero-order valence-corrected chi connectivity index (χ0v) is 11.5. The van der Waals surface area contributed by atoms with Gasteiger partial charge < -0.3 is 14.6 Å². The average molecular weight is 270 g/mol. The first-order valence-electron chi connectivity index (χ1n) is 6.82. The number of rotatable bonds is 4. The number of benzene rings is 2. The predicted molar refractivity (Wildman–Crippen MR) is 77.3 cm³/mol. The van der Waals surface area contributed by atoms with Gasteiger partial charge in [-0.1, -0.05) is 35.9 Å². The van der Waals surface area contributed by atoms with Crippen LogP contribution in [0.2, 0.25) is 0 Å². The van der Waals surface area contributed by atoms with Gasteiger partial charge in [0.15, 0.2) is 11.5 Å². The van der Waals surface area contributed by atoms with Crippen molar-refractivity contribution in [2.75, 3.05) is 13.4 Å². The summed E-state index contributed by atoms with van der Waals surface area (Å²) in [6.07, 6.45) is 0.817. The Kier molecular flexibility index (Phi) is 3.61. The van der Waals surface area contributed by atoms with Gasteiger partial charge in [-0.05, 0) is 36.6 Å². The molecular formula is C17H18O3. The van der Waals surface area contributed by atoms with Gasteiger partial charge in [-0.25, -0.2) is 0 Å². The SMILES string of the molecule is Cc1cccc(CC(CO)c2ccc3c(c2)OCO3)c1. The van der Waals surface area contributed by atoms with Crippen LogP contribution in [0.25, 0.3) is 0 Å². The van der Waals surface area contributed by atoms with Crippen molar-refractivity contribution in [3.63, 3.8) is 0 Å². The number of hydrogen-bond donors (Lipinski definition) is 1. The van der Waals surface area contributed by atoms with Crippen molar-refractivity contribution in [1.82, 2.24) is 0 Å². The van der Waals surface area contributed by atoms with Crippen LogP contribution in [0.15, 0.2) is 42.5 Å². The van der Waals surface area contributed by atoms with E-state index in [1.807, 2.05) is 18.2 Å². The average Bonchev–Trinajstić information content (AvgIpc) is 2.92. The van der Waals surface area contributed by atoms with Crippen molar-refractivity contribution in [2.24, 2.45) is 0 Å². The number of aliphatic hydroxyl groups is 1.